The Morgan fingerprint density at radius 2 is 2.00 bits per heavy atom. The smallest absolute Gasteiger partial charge is 0.251 e. The first-order chi connectivity index (χ1) is 8.54. The number of amides is 1. The molecule has 1 rings (SSSR count). The van der Waals surface area contributed by atoms with E-state index in [4.69, 9.17) is 10.8 Å². The molecule has 0 radical (unpaired) electrons. The van der Waals surface area contributed by atoms with Crippen molar-refractivity contribution in [2.24, 2.45) is 5.73 Å². The predicted octanol–water partition coefficient (Wildman–Crippen LogP) is 1.43. The summed E-state index contributed by atoms with van der Waals surface area (Å²) in [4.78, 5) is 12.1. The summed E-state index contributed by atoms with van der Waals surface area (Å²) in [6, 6.07) is 7.24. The van der Waals surface area contributed by atoms with E-state index in [1.165, 1.54) is 0 Å². The summed E-state index contributed by atoms with van der Waals surface area (Å²) in [6.07, 6.45) is 1.33. The molecule has 0 aromatic heterocycles. The van der Waals surface area contributed by atoms with E-state index in [2.05, 4.69) is 5.32 Å². The molecule has 4 N–H and O–H groups in total. The summed E-state index contributed by atoms with van der Waals surface area (Å²) in [5, 5.41) is 12.0. The Balaban J connectivity index is 2.74. The van der Waals surface area contributed by atoms with Gasteiger partial charge < -0.3 is 16.2 Å². The highest BCUT2D eigenvalue weighted by Crippen LogP contribution is 2.15. The standard InChI is InChI=1S/C14H22N2O2/c1-3-14(2,8-9-17)16-13(18)12-6-4-11(10-15)5-7-12/h4-7,17H,3,8-10,15H2,1-2H3,(H,16,18). The molecule has 1 aromatic rings. The van der Waals surface area contributed by atoms with Crippen LogP contribution in [0.5, 0.6) is 0 Å². The van der Waals surface area contributed by atoms with E-state index in [-0.39, 0.29) is 18.1 Å². The predicted molar refractivity (Wildman–Crippen MR) is 72.2 cm³/mol. The molecule has 0 aliphatic rings. The van der Waals surface area contributed by atoms with E-state index in [9.17, 15) is 4.79 Å². The van der Waals surface area contributed by atoms with Crippen molar-refractivity contribution < 1.29 is 9.90 Å². The Morgan fingerprint density at radius 3 is 2.44 bits per heavy atom. The molecular formula is C14H22N2O2. The lowest BCUT2D eigenvalue weighted by molar-refractivity contribution is 0.0886. The first kappa shape index (κ1) is 14.7. The Bertz CT molecular complexity index is 389. The highest BCUT2D eigenvalue weighted by molar-refractivity contribution is 5.94. The largest absolute Gasteiger partial charge is 0.396 e. The average molecular weight is 250 g/mol. The number of carbonyl (C=O) groups is 1. The molecule has 4 heteroatoms. The van der Waals surface area contributed by atoms with Gasteiger partial charge in [0.1, 0.15) is 0 Å². The van der Waals surface area contributed by atoms with Crippen molar-refractivity contribution in [3.8, 4) is 0 Å². The second kappa shape index (κ2) is 6.52. The second-order valence-electron chi connectivity index (χ2n) is 4.74. The van der Waals surface area contributed by atoms with E-state index in [1.807, 2.05) is 26.0 Å². The quantitative estimate of drug-likeness (QED) is 0.715. The Kier molecular flexibility index (Phi) is 5.31. The molecule has 0 aliphatic heterocycles. The zero-order valence-electron chi connectivity index (χ0n) is 11.1. The molecule has 0 heterocycles. The van der Waals surface area contributed by atoms with Crippen molar-refractivity contribution in [2.45, 2.75) is 38.8 Å². The lowest BCUT2D eigenvalue weighted by Crippen LogP contribution is -2.46. The molecule has 1 aromatic carbocycles. The van der Waals surface area contributed by atoms with Crippen molar-refractivity contribution >= 4 is 5.91 Å². The van der Waals surface area contributed by atoms with Crippen LogP contribution in [0.1, 0.15) is 42.6 Å². The molecule has 0 saturated carbocycles. The highest BCUT2D eigenvalue weighted by Gasteiger charge is 2.23. The van der Waals surface area contributed by atoms with Crippen LogP contribution < -0.4 is 11.1 Å². The third-order valence-electron chi connectivity index (χ3n) is 3.31. The number of nitrogens with one attached hydrogen (secondary N) is 1. The fourth-order valence-electron chi connectivity index (χ4n) is 1.71. The van der Waals surface area contributed by atoms with E-state index >= 15 is 0 Å². The van der Waals surface area contributed by atoms with Crippen molar-refractivity contribution in [1.29, 1.82) is 0 Å². The van der Waals surface area contributed by atoms with Gasteiger partial charge in [-0.15, -0.1) is 0 Å². The van der Waals surface area contributed by atoms with Crippen LogP contribution in [-0.4, -0.2) is 23.2 Å². The number of hydrogen-bond acceptors (Lipinski definition) is 3. The Hall–Kier alpha value is -1.39. The zero-order valence-corrected chi connectivity index (χ0v) is 11.1. The van der Waals surface area contributed by atoms with E-state index in [1.54, 1.807) is 12.1 Å². The summed E-state index contributed by atoms with van der Waals surface area (Å²) < 4.78 is 0. The van der Waals surface area contributed by atoms with Gasteiger partial charge in [0, 0.05) is 24.3 Å². The fourth-order valence-corrected chi connectivity index (χ4v) is 1.71. The van der Waals surface area contributed by atoms with Crippen molar-refractivity contribution in [1.82, 2.24) is 5.32 Å². The molecule has 1 unspecified atom stereocenters. The van der Waals surface area contributed by atoms with Gasteiger partial charge in [-0.3, -0.25) is 4.79 Å². The first-order valence-corrected chi connectivity index (χ1v) is 6.27. The molecular weight excluding hydrogens is 228 g/mol. The molecule has 0 spiro atoms. The number of aliphatic hydroxyl groups excluding tert-OH is 1. The van der Waals surface area contributed by atoms with Crippen LogP contribution in [0.3, 0.4) is 0 Å². The molecule has 0 bridgehead atoms. The van der Waals surface area contributed by atoms with Gasteiger partial charge >= 0.3 is 0 Å². The maximum atomic E-state index is 12.1. The molecule has 4 nitrogen and oxygen atoms in total. The van der Waals surface area contributed by atoms with Crippen molar-refractivity contribution in [3.05, 3.63) is 35.4 Å². The van der Waals surface area contributed by atoms with Crippen LogP contribution in [0.4, 0.5) is 0 Å². The topological polar surface area (TPSA) is 75.3 Å². The number of rotatable bonds is 6. The van der Waals surface area contributed by atoms with E-state index < -0.39 is 0 Å². The number of nitrogens with two attached hydrogens (primary N) is 1. The minimum atomic E-state index is -0.363. The second-order valence-corrected chi connectivity index (χ2v) is 4.74. The molecule has 100 valence electrons. The number of hydrogen-bond donors (Lipinski definition) is 3. The minimum absolute atomic E-state index is 0.0662. The first-order valence-electron chi connectivity index (χ1n) is 6.27. The highest BCUT2D eigenvalue weighted by atomic mass is 16.3. The van der Waals surface area contributed by atoms with Crippen LogP contribution >= 0.6 is 0 Å². The van der Waals surface area contributed by atoms with E-state index in [0.717, 1.165) is 12.0 Å². The fraction of sp³-hybridized carbons (Fsp3) is 0.500. The third kappa shape index (κ3) is 3.82. The van der Waals surface area contributed by atoms with Crippen LogP contribution in [-0.2, 0) is 6.54 Å². The maximum absolute atomic E-state index is 12.1. The normalized spacial score (nSPS) is 14.0. The number of benzene rings is 1. The molecule has 1 atom stereocenters. The molecule has 0 saturated heterocycles. The minimum Gasteiger partial charge on any atom is -0.396 e. The van der Waals surface area contributed by atoms with Crippen LogP contribution in [0.15, 0.2) is 24.3 Å². The van der Waals surface area contributed by atoms with Gasteiger partial charge in [0.15, 0.2) is 0 Å². The lowest BCUT2D eigenvalue weighted by atomic mass is 9.94. The number of carbonyl (C=O) groups excluding carboxylic acids is 1. The van der Waals surface area contributed by atoms with Gasteiger partial charge in [-0.2, -0.15) is 0 Å². The maximum Gasteiger partial charge on any atom is 0.251 e. The van der Waals surface area contributed by atoms with Gasteiger partial charge in [-0.1, -0.05) is 19.1 Å². The Morgan fingerprint density at radius 1 is 1.39 bits per heavy atom. The monoisotopic (exact) mass is 250 g/mol. The zero-order chi connectivity index (χ0) is 13.6. The summed E-state index contributed by atoms with van der Waals surface area (Å²) in [7, 11) is 0. The van der Waals surface area contributed by atoms with Crippen LogP contribution in [0.25, 0.3) is 0 Å². The lowest BCUT2D eigenvalue weighted by Gasteiger charge is -2.29. The molecule has 0 fully saturated rings. The molecule has 18 heavy (non-hydrogen) atoms. The van der Waals surface area contributed by atoms with Gasteiger partial charge in [0.05, 0.1) is 0 Å². The van der Waals surface area contributed by atoms with E-state index in [0.29, 0.717) is 18.5 Å². The van der Waals surface area contributed by atoms with Crippen molar-refractivity contribution in [2.75, 3.05) is 6.61 Å². The summed E-state index contributed by atoms with van der Waals surface area (Å²) >= 11 is 0. The molecule has 1 amide bonds. The number of aliphatic hydroxyl groups is 1. The van der Waals surface area contributed by atoms with Crippen molar-refractivity contribution in [3.63, 3.8) is 0 Å². The molecule has 0 aliphatic carbocycles. The summed E-state index contributed by atoms with van der Waals surface area (Å²) in [5.41, 5.74) is 6.76. The third-order valence-corrected chi connectivity index (χ3v) is 3.31. The van der Waals surface area contributed by atoms with Gasteiger partial charge in [0.2, 0.25) is 0 Å². The van der Waals surface area contributed by atoms with Crippen LogP contribution in [0, 0.1) is 0 Å². The van der Waals surface area contributed by atoms with Gasteiger partial charge in [-0.05, 0) is 37.5 Å². The SMILES string of the molecule is CCC(C)(CCO)NC(=O)c1ccc(CN)cc1. The van der Waals surface area contributed by atoms with Crippen LogP contribution in [0.2, 0.25) is 0 Å². The summed E-state index contributed by atoms with van der Waals surface area (Å²) in [5.74, 6) is -0.114. The average Bonchev–Trinajstić information content (AvgIpc) is 2.39. The van der Waals surface area contributed by atoms with Gasteiger partial charge in [0.25, 0.3) is 5.91 Å². The summed E-state index contributed by atoms with van der Waals surface area (Å²) in [6.45, 7) is 4.47. The Labute approximate surface area is 108 Å². The van der Waals surface area contributed by atoms with Gasteiger partial charge in [-0.25, -0.2) is 0 Å².